The number of nitrogens with one attached hydrogen (secondary N) is 1. The zero-order chi connectivity index (χ0) is 23.9. The third kappa shape index (κ3) is 7.24. The number of sulfonamides is 1. The van der Waals surface area contributed by atoms with Gasteiger partial charge in [0.2, 0.25) is 21.8 Å². The van der Waals surface area contributed by atoms with Crippen LogP contribution in [-0.2, 0) is 26.2 Å². The van der Waals surface area contributed by atoms with Crippen LogP contribution in [-0.4, -0.2) is 50.5 Å². The molecule has 0 aromatic heterocycles. The number of hydrogen-bond acceptors (Lipinski definition) is 4. The zero-order valence-electron chi connectivity index (χ0n) is 18.8. The molecule has 0 aliphatic heterocycles. The van der Waals surface area contributed by atoms with Gasteiger partial charge in [-0.15, -0.1) is 0 Å². The summed E-state index contributed by atoms with van der Waals surface area (Å²) in [7, 11) is -3.76. The molecule has 174 valence electrons. The molecule has 0 heterocycles. The number of aryl methyl sites for hydroxylation is 1. The number of amides is 2. The molecule has 0 bridgehead atoms. The maximum atomic E-state index is 13.4. The average molecular weight is 480 g/mol. The molecular weight excluding hydrogens is 450 g/mol. The van der Waals surface area contributed by atoms with Crippen LogP contribution in [0.15, 0.2) is 48.5 Å². The van der Waals surface area contributed by atoms with E-state index in [2.05, 4.69) is 5.32 Å². The van der Waals surface area contributed by atoms with E-state index in [9.17, 15) is 18.0 Å². The first-order valence-electron chi connectivity index (χ1n) is 10.4. The standard InChI is InChI=1S/C23H30ClN3O4S/c1-5-13-25-23(29)18(3)26(15-19-8-6-7-17(2)14-19)22(28)16-27(32(4,30)31)21-11-9-20(24)10-12-21/h6-12,14,18H,5,13,15-16H2,1-4H3,(H,25,29). The SMILES string of the molecule is CCCNC(=O)C(C)N(Cc1cccc(C)c1)C(=O)CN(c1ccc(Cl)cc1)S(C)(=O)=O. The minimum absolute atomic E-state index is 0.180. The highest BCUT2D eigenvalue weighted by atomic mass is 35.5. The van der Waals surface area contributed by atoms with Gasteiger partial charge in [0.15, 0.2) is 0 Å². The van der Waals surface area contributed by atoms with Crippen LogP contribution in [0.5, 0.6) is 0 Å². The van der Waals surface area contributed by atoms with E-state index in [1.54, 1.807) is 31.2 Å². The summed E-state index contributed by atoms with van der Waals surface area (Å²) in [5.41, 5.74) is 2.20. The molecule has 7 nitrogen and oxygen atoms in total. The van der Waals surface area contributed by atoms with Crippen molar-refractivity contribution in [1.29, 1.82) is 0 Å². The average Bonchev–Trinajstić information content (AvgIpc) is 2.73. The van der Waals surface area contributed by atoms with Crippen molar-refractivity contribution < 1.29 is 18.0 Å². The zero-order valence-corrected chi connectivity index (χ0v) is 20.4. The number of carbonyl (C=O) groups is 2. The summed E-state index contributed by atoms with van der Waals surface area (Å²) in [6.07, 6.45) is 1.81. The second-order valence-corrected chi connectivity index (χ2v) is 10.1. The number of nitrogens with zero attached hydrogens (tertiary/aromatic N) is 2. The molecule has 0 fully saturated rings. The molecule has 0 radical (unpaired) electrons. The Morgan fingerprint density at radius 2 is 1.78 bits per heavy atom. The van der Waals surface area contributed by atoms with Crippen LogP contribution >= 0.6 is 11.6 Å². The first kappa shape index (κ1) is 25.7. The van der Waals surface area contributed by atoms with E-state index in [1.807, 2.05) is 38.1 Å². The van der Waals surface area contributed by atoms with Crippen molar-refractivity contribution in [3.63, 3.8) is 0 Å². The Balaban J connectivity index is 2.35. The number of halogens is 1. The maximum absolute atomic E-state index is 13.4. The van der Waals surface area contributed by atoms with Crippen molar-refractivity contribution in [2.24, 2.45) is 0 Å². The first-order valence-corrected chi connectivity index (χ1v) is 12.6. The molecule has 2 aromatic carbocycles. The maximum Gasteiger partial charge on any atom is 0.244 e. The monoisotopic (exact) mass is 479 g/mol. The normalized spacial score (nSPS) is 12.2. The second-order valence-electron chi connectivity index (χ2n) is 7.72. The number of hydrogen-bond donors (Lipinski definition) is 1. The van der Waals surface area contributed by atoms with Gasteiger partial charge in [0.1, 0.15) is 12.6 Å². The number of rotatable bonds is 10. The molecule has 9 heteroatoms. The van der Waals surface area contributed by atoms with Crippen LogP contribution in [0.3, 0.4) is 0 Å². The molecule has 1 unspecified atom stereocenters. The summed E-state index contributed by atoms with van der Waals surface area (Å²) < 4.78 is 26.0. The Labute approximate surface area is 195 Å². The molecule has 32 heavy (non-hydrogen) atoms. The van der Waals surface area contributed by atoms with Gasteiger partial charge in [0, 0.05) is 18.1 Å². The van der Waals surface area contributed by atoms with Gasteiger partial charge >= 0.3 is 0 Å². The minimum atomic E-state index is -3.76. The lowest BCUT2D eigenvalue weighted by atomic mass is 10.1. The molecule has 2 aromatic rings. The van der Waals surface area contributed by atoms with Crippen LogP contribution in [0.4, 0.5) is 5.69 Å². The van der Waals surface area contributed by atoms with Gasteiger partial charge < -0.3 is 10.2 Å². The quantitative estimate of drug-likeness (QED) is 0.566. The lowest BCUT2D eigenvalue weighted by Gasteiger charge is -2.31. The molecule has 0 aliphatic rings. The highest BCUT2D eigenvalue weighted by molar-refractivity contribution is 7.92. The van der Waals surface area contributed by atoms with Crippen molar-refractivity contribution in [1.82, 2.24) is 10.2 Å². The van der Waals surface area contributed by atoms with Crippen molar-refractivity contribution in [3.05, 3.63) is 64.7 Å². The fourth-order valence-electron chi connectivity index (χ4n) is 3.21. The van der Waals surface area contributed by atoms with Crippen LogP contribution in [0.25, 0.3) is 0 Å². The van der Waals surface area contributed by atoms with E-state index >= 15 is 0 Å². The van der Waals surface area contributed by atoms with E-state index in [0.717, 1.165) is 28.1 Å². The number of anilines is 1. The van der Waals surface area contributed by atoms with E-state index in [-0.39, 0.29) is 12.5 Å². The second kappa shape index (κ2) is 11.3. The van der Waals surface area contributed by atoms with Crippen LogP contribution in [0.1, 0.15) is 31.4 Å². The molecular formula is C23H30ClN3O4S. The van der Waals surface area contributed by atoms with Crippen molar-refractivity contribution in [2.45, 2.75) is 39.8 Å². The largest absolute Gasteiger partial charge is 0.354 e. The topological polar surface area (TPSA) is 86.8 Å². The van der Waals surface area contributed by atoms with Crippen LogP contribution in [0, 0.1) is 6.92 Å². The summed E-state index contributed by atoms with van der Waals surface area (Å²) in [5, 5.41) is 3.26. The van der Waals surface area contributed by atoms with Gasteiger partial charge in [-0.3, -0.25) is 13.9 Å². The summed E-state index contributed by atoms with van der Waals surface area (Å²) in [6.45, 7) is 5.77. The molecule has 0 saturated heterocycles. The van der Waals surface area contributed by atoms with Gasteiger partial charge in [-0.1, -0.05) is 48.4 Å². The van der Waals surface area contributed by atoms with Gasteiger partial charge in [-0.2, -0.15) is 0 Å². The fourth-order valence-corrected chi connectivity index (χ4v) is 4.18. The Morgan fingerprint density at radius 3 is 2.34 bits per heavy atom. The third-order valence-electron chi connectivity index (χ3n) is 4.95. The van der Waals surface area contributed by atoms with Crippen LogP contribution < -0.4 is 9.62 Å². The van der Waals surface area contributed by atoms with Gasteiger partial charge in [-0.05, 0) is 50.1 Å². The Hall–Kier alpha value is -2.58. The third-order valence-corrected chi connectivity index (χ3v) is 6.34. The predicted molar refractivity (Wildman–Crippen MR) is 128 cm³/mol. The molecule has 0 spiro atoms. The van der Waals surface area contributed by atoms with E-state index < -0.39 is 28.5 Å². The summed E-state index contributed by atoms with van der Waals surface area (Å²) in [5.74, 6) is -0.767. The summed E-state index contributed by atoms with van der Waals surface area (Å²) in [4.78, 5) is 27.4. The lowest BCUT2D eigenvalue weighted by molar-refractivity contribution is -0.139. The van der Waals surface area contributed by atoms with Crippen LogP contribution in [0.2, 0.25) is 5.02 Å². The summed E-state index contributed by atoms with van der Waals surface area (Å²) >= 11 is 5.92. The van der Waals surface area contributed by atoms with Crippen molar-refractivity contribution in [3.8, 4) is 0 Å². The van der Waals surface area contributed by atoms with Gasteiger partial charge in [0.25, 0.3) is 0 Å². The molecule has 2 amide bonds. The Kier molecular flexibility index (Phi) is 9.09. The lowest BCUT2D eigenvalue weighted by Crippen LogP contribution is -2.51. The van der Waals surface area contributed by atoms with E-state index in [4.69, 9.17) is 11.6 Å². The highest BCUT2D eigenvalue weighted by Gasteiger charge is 2.29. The molecule has 0 saturated carbocycles. The minimum Gasteiger partial charge on any atom is -0.354 e. The van der Waals surface area contributed by atoms with Gasteiger partial charge in [0.05, 0.1) is 11.9 Å². The fraction of sp³-hybridized carbons (Fsp3) is 0.391. The molecule has 1 atom stereocenters. The molecule has 1 N–H and O–H groups in total. The van der Waals surface area contributed by atoms with E-state index in [0.29, 0.717) is 17.3 Å². The van der Waals surface area contributed by atoms with Crippen molar-refractivity contribution >= 4 is 39.1 Å². The predicted octanol–water partition coefficient (Wildman–Crippen LogP) is 3.36. The Bertz CT molecular complexity index is 1040. The number of carbonyl (C=O) groups excluding carboxylic acids is 2. The number of benzene rings is 2. The summed E-state index contributed by atoms with van der Waals surface area (Å²) in [6, 6.07) is 13.1. The highest BCUT2D eigenvalue weighted by Crippen LogP contribution is 2.21. The molecule has 0 aliphatic carbocycles. The van der Waals surface area contributed by atoms with E-state index in [1.165, 1.54) is 4.90 Å². The smallest absolute Gasteiger partial charge is 0.244 e. The first-order chi connectivity index (χ1) is 15.0. The van der Waals surface area contributed by atoms with Crippen molar-refractivity contribution in [2.75, 3.05) is 23.7 Å². The molecule has 2 rings (SSSR count). The Morgan fingerprint density at radius 1 is 1.12 bits per heavy atom. The van der Waals surface area contributed by atoms with Gasteiger partial charge in [-0.25, -0.2) is 8.42 Å².